The first-order valence-corrected chi connectivity index (χ1v) is 11.7. The van der Waals surface area contributed by atoms with Gasteiger partial charge in [0.1, 0.15) is 12.4 Å². The van der Waals surface area contributed by atoms with Crippen molar-refractivity contribution in [2.24, 2.45) is 0 Å². The fraction of sp³-hybridized carbons (Fsp3) is 0.269. The maximum atomic E-state index is 11.9. The molecule has 1 amide bonds. The number of rotatable bonds is 11. The van der Waals surface area contributed by atoms with Gasteiger partial charge >= 0.3 is 0 Å². The third-order valence-corrected chi connectivity index (χ3v) is 5.76. The molecule has 0 heterocycles. The minimum atomic E-state index is -0.158. The Morgan fingerprint density at radius 3 is 2.45 bits per heavy atom. The Labute approximate surface area is 188 Å². The highest BCUT2D eigenvalue weighted by molar-refractivity contribution is 7.98. The largest absolute Gasteiger partial charge is 0.489 e. The van der Waals surface area contributed by atoms with Gasteiger partial charge in [0.15, 0.2) is 0 Å². The number of amides is 1. The number of aliphatic hydroxyl groups excluding tert-OH is 1. The second-order valence-corrected chi connectivity index (χ2v) is 8.16. The normalized spacial score (nSPS) is 10.6. The molecule has 3 aromatic rings. The van der Waals surface area contributed by atoms with Crippen LogP contribution in [0.25, 0.3) is 0 Å². The molecule has 0 spiro atoms. The third kappa shape index (κ3) is 7.16. The molecule has 3 rings (SSSR count). The van der Waals surface area contributed by atoms with E-state index in [1.807, 2.05) is 42.5 Å². The predicted molar refractivity (Wildman–Crippen MR) is 127 cm³/mol. The van der Waals surface area contributed by atoms with Gasteiger partial charge in [-0.3, -0.25) is 4.79 Å². The SMILES string of the molecule is CSc1ccc(OCc2ccccc2)c(CCCc2ccc(C(=O)NCCO)cc2)c1. The Balaban J connectivity index is 1.58. The van der Waals surface area contributed by atoms with E-state index in [1.165, 1.54) is 16.0 Å². The zero-order valence-corrected chi connectivity index (χ0v) is 18.7. The number of thioether (sulfide) groups is 1. The number of nitrogens with one attached hydrogen (secondary N) is 1. The van der Waals surface area contributed by atoms with Crippen molar-refractivity contribution in [3.63, 3.8) is 0 Å². The van der Waals surface area contributed by atoms with E-state index in [9.17, 15) is 4.79 Å². The third-order valence-electron chi connectivity index (χ3n) is 5.03. The van der Waals surface area contributed by atoms with Gasteiger partial charge in [-0.2, -0.15) is 0 Å². The maximum Gasteiger partial charge on any atom is 0.251 e. The van der Waals surface area contributed by atoms with Crippen LogP contribution >= 0.6 is 11.8 Å². The molecule has 0 atom stereocenters. The van der Waals surface area contributed by atoms with E-state index < -0.39 is 0 Å². The first-order valence-electron chi connectivity index (χ1n) is 10.5. The molecule has 0 aromatic heterocycles. The number of carbonyl (C=O) groups is 1. The zero-order valence-electron chi connectivity index (χ0n) is 17.8. The van der Waals surface area contributed by atoms with E-state index in [0.717, 1.165) is 30.6 Å². The van der Waals surface area contributed by atoms with Gasteiger partial charge in [0.25, 0.3) is 5.91 Å². The molecule has 0 aliphatic carbocycles. The van der Waals surface area contributed by atoms with Gasteiger partial charge in [0.05, 0.1) is 6.61 Å². The number of ether oxygens (including phenoxy) is 1. The first-order chi connectivity index (χ1) is 15.2. The van der Waals surface area contributed by atoms with E-state index in [4.69, 9.17) is 9.84 Å². The van der Waals surface area contributed by atoms with Gasteiger partial charge in [0.2, 0.25) is 0 Å². The van der Waals surface area contributed by atoms with Crippen LogP contribution in [0.5, 0.6) is 5.75 Å². The second kappa shape index (κ2) is 12.2. The lowest BCUT2D eigenvalue weighted by molar-refractivity contribution is 0.0945. The summed E-state index contributed by atoms with van der Waals surface area (Å²) in [6, 6.07) is 24.3. The van der Waals surface area contributed by atoms with E-state index in [2.05, 4.69) is 41.9 Å². The topological polar surface area (TPSA) is 58.6 Å². The van der Waals surface area contributed by atoms with E-state index >= 15 is 0 Å². The Kier molecular flexibility index (Phi) is 9.00. The lowest BCUT2D eigenvalue weighted by Crippen LogP contribution is -2.26. The molecule has 0 aliphatic rings. The first kappa shape index (κ1) is 22.9. The molecule has 0 bridgehead atoms. The minimum Gasteiger partial charge on any atom is -0.489 e. The Bertz CT molecular complexity index is 958. The molecule has 0 unspecified atom stereocenters. The van der Waals surface area contributed by atoms with Crippen molar-refractivity contribution in [1.82, 2.24) is 5.32 Å². The van der Waals surface area contributed by atoms with Crippen molar-refractivity contribution in [2.45, 2.75) is 30.8 Å². The minimum absolute atomic E-state index is 0.0569. The Hall–Kier alpha value is -2.76. The van der Waals surface area contributed by atoms with Crippen LogP contribution in [0.2, 0.25) is 0 Å². The van der Waals surface area contributed by atoms with Gasteiger partial charge in [-0.15, -0.1) is 11.8 Å². The molecule has 0 saturated carbocycles. The van der Waals surface area contributed by atoms with Gasteiger partial charge < -0.3 is 15.2 Å². The van der Waals surface area contributed by atoms with E-state index in [-0.39, 0.29) is 19.1 Å². The van der Waals surface area contributed by atoms with Crippen LogP contribution in [0.3, 0.4) is 0 Å². The fourth-order valence-corrected chi connectivity index (χ4v) is 3.80. The lowest BCUT2D eigenvalue weighted by atomic mass is 10.0. The number of aryl methyl sites for hydroxylation is 2. The van der Waals surface area contributed by atoms with Crippen molar-refractivity contribution < 1.29 is 14.6 Å². The zero-order chi connectivity index (χ0) is 21.9. The van der Waals surface area contributed by atoms with Crippen LogP contribution in [0.4, 0.5) is 0 Å². The maximum absolute atomic E-state index is 11.9. The van der Waals surface area contributed by atoms with Gasteiger partial charge in [0, 0.05) is 17.0 Å². The predicted octanol–water partition coefficient (Wildman–Crippen LogP) is 4.88. The average molecular weight is 436 g/mol. The molecule has 2 N–H and O–H groups in total. The molecule has 0 saturated heterocycles. The van der Waals surface area contributed by atoms with Crippen LogP contribution < -0.4 is 10.1 Å². The summed E-state index contributed by atoms with van der Waals surface area (Å²) in [5.74, 6) is 0.784. The molecule has 3 aromatic carbocycles. The van der Waals surface area contributed by atoms with E-state index in [0.29, 0.717) is 12.2 Å². The van der Waals surface area contributed by atoms with Crippen molar-refractivity contribution in [1.29, 1.82) is 0 Å². The monoisotopic (exact) mass is 435 g/mol. The summed E-state index contributed by atoms with van der Waals surface area (Å²) >= 11 is 1.74. The number of aliphatic hydroxyl groups is 1. The van der Waals surface area contributed by atoms with Gasteiger partial charge in [-0.05, 0) is 72.5 Å². The summed E-state index contributed by atoms with van der Waals surface area (Å²) in [6.07, 6.45) is 4.94. The van der Waals surface area contributed by atoms with Crippen molar-refractivity contribution in [3.05, 3.63) is 95.1 Å². The molecular formula is C26H29NO3S. The quantitative estimate of drug-likeness (QED) is 0.421. The Morgan fingerprint density at radius 1 is 0.968 bits per heavy atom. The summed E-state index contributed by atoms with van der Waals surface area (Å²) < 4.78 is 6.13. The molecule has 0 aliphatic heterocycles. The highest BCUT2D eigenvalue weighted by atomic mass is 32.2. The average Bonchev–Trinajstić information content (AvgIpc) is 2.82. The van der Waals surface area contributed by atoms with Crippen molar-refractivity contribution in [3.8, 4) is 5.75 Å². The van der Waals surface area contributed by atoms with Crippen molar-refractivity contribution in [2.75, 3.05) is 19.4 Å². The van der Waals surface area contributed by atoms with Crippen molar-refractivity contribution >= 4 is 17.7 Å². The second-order valence-electron chi connectivity index (χ2n) is 7.28. The summed E-state index contributed by atoms with van der Waals surface area (Å²) in [6.45, 7) is 0.773. The lowest BCUT2D eigenvalue weighted by Gasteiger charge is -2.13. The molecular weight excluding hydrogens is 406 g/mol. The molecule has 162 valence electrons. The standard InChI is InChI=1S/C26H29NO3S/c1-31-24-14-15-25(30-19-21-6-3-2-4-7-21)23(18-24)9-5-8-20-10-12-22(13-11-20)26(29)27-16-17-28/h2-4,6-7,10-15,18,28H,5,8-9,16-17,19H2,1H3,(H,27,29). The number of benzene rings is 3. The number of carbonyl (C=O) groups excluding carboxylic acids is 1. The van der Waals surface area contributed by atoms with Gasteiger partial charge in [-0.1, -0.05) is 42.5 Å². The number of hydrogen-bond acceptors (Lipinski definition) is 4. The summed E-state index contributed by atoms with van der Waals surface area (Å²) in [5, 5.41) is 11.5. The molecule has 5 heteroatoms. The highest BCUT2D eigenvalue weighted by Crippen LogP contribution is 2.27. The van der Waals surface area contributed by atoms with Crippen LogP contribution in [0, 0.1) is 0 Å². The molecule has 0 fully saturated rings. The van der Waals surface area contributed by atoms with E-state index in [1.54, 1.807) is 11.8 Å². The fourth-order valence-electron chi connectivity index (χ4n) is 3.33. The smallest absolute Gasteiger partial charge is 0.251 e. The van der Waals surface area contributed by atoms with Crippen LogP contribution in [-0.4, -0.2) is 30.4 Å². The van der Waals surface area contributed by atoms with Gasteiger partial charge in [-0.25, -0.2) is 0 Å². The molecule has 31 heavy (non-hydrogen) atoms. The van der Waals surface area contributed by atoms with Crippen LogP contribution in [-0.2, 0) is 19.4 Å². The Morgan fingerprint density at radius 2 is 1.74 bits per heavy atom. The molecule has 4 nitrogen and oxygen atoms in total. The number of hydrogen-bond donors (Lipinski definition) is 2. The van der Waals surface area contributed by atoms with Crippen LogP contribution in [0.15, 0.2) is 77.7 Å². The summed E-state index contributed by atoms with van der Waals surface area (Å²) in [5.41, 5.74) is 4.20. The van der Waals surface area contributed by atoms with Crippen LogP contribution in [0.1, 0.15) is 33.5 Å². The highest BCUT2D eigenvalue weighted by Gasteiger charge is 2.08. The summed E-state index contributed by atoms with van der Waals surface area (Å²) in [4.78, 5) is 13.2. The molecule has 0 radical (unpaired) electrons. The summed E-state index contributed by atoms with van der Waals surface area (Å²) in [7, 11) is 0.